The van der Waals surface area contributed by atoms with Crippen molar-refractivity contribution in [1.82, 2.24) is 19.4 Å². The van der Waals surface area contributed by atoms with Crippen LogP contribution in [0.2, 0.25) is 5.02 Å². The van der Waals surface area contributed by atoms with Gasteiger partial charge in [0, 0.05) is 30.4 Å². The molecule has 2 aliphatic rings. The van der Waals surface area contributed by atoms with Gasteiger partial charge in [0.05, 0.1) is 18.1 Å². The summed E-state index contributed by atoms with van der Waals surface area (Å²) < 4.78 is 15.7. The third-order valence-electron chi connectivity index (χ3n) is 7.48. The Morgan fingerprint density at radius 1 is 1.27 bits per heavy atom. The van der Waals surface area contributed by atoms with E-state index in [0.717, 1.165) is 31.7 Å². The van der Waals surface area contributed by atoms with E-state index in [2.05, 4.69) is 39.2 Å². The van der Waals surface area contributed by atoms with Crippen molar-refractivity contribution in [3.8, 4) is 5.82 Å². The van der Waals surface area contributed by atoms with Crippen LogP contribution < -0.4 is 5.32 Å². The van der Waals surface area contributed by atoms with Gasteiger partial charge in [-0.3, -0.25) is 14.3 Å². The fraction of sp³-hybridized carbons (Fsp3) is 0.321. The number of aromatic nitrogens is 3. The fourth-order valence-corrected chi connectivity index (χ4v) is 6.08. The Hall–Kier alpha value is -3.49. The molecular weight excluding hydrogens is 493 g/mol. The van der Waals surface area contributed by atoms with Crippen molar-refractivity contribution in [1.29, 1.82) is 0 Å². The number of carbonyl (C=O) groups is 1. The first kappa shape index (κ1) is 23.9. The third kappa shape index (κ3) is 4.45. The van der Waals surface area contributed by atoms with Crippen LogP contribution in [-0.4, -0.2) is 43.6 Å². The Labute approximate surface area is 218 Å². The van der Waals surface area contributed by atoms with Gasteiger partial charge in [0.1, 0.15) is 10.8 Å². The van der Waals surface area contributed by atoms with E-state index in [1.807, 2.05) is 0 Å². The second kappa shape index (κ2) is 9.43. The molecule has 1 unspecified atom stereocenters. The monoisotopic (exact) mass is 519 g/mol. The van der Waals surface area contributed by atoms with Crippen molar-refractivity contribution in [3.63, 3.8) is 0 Å². The maximum atomic E-state index is 14.0. The van der Waals surface area contributed by atoms with Crippen LogP contribution in [0, 0.1) is 5.82 Å². The zero-order valence-electron chi connectivity index (χ0n) is 20.5. The maximum absolute atomic E-state index is 14.0. The van der Waals surface area contributed by atoms with E-state index in [9.17, 15) is 14.3 Å². The van der Waals surface area contributed by atoms with E-state index < -0.39 is 11.8 Å². The first-order valence-corrected chi connectivity index (χ1v) is 13.0. The minimum Gasteiger partial charge on any atom is -0.481 e. The standard InChI is InChI=1S/C28H27ClFN5O2/c1-2-34-13-17-5-3-4-16-8-21(9-19(14-34)26(16)17)32-28-31-12-23(29)27(33-28)35-15-18(10-25(36)37)22-11-20(30)6-7-24(22)35/h6-9,11-12,15,17H,2-5,10,13-14H2,1H3,(H,36,37)(H,31,32,33). The lowest BCUT2D eigenvalue weighted by Gasteiger charge is -2.38. The van der Waals surface area contributed by atoms with Crippen LogP contribution in [0.4, 0.5) is 16.0 Å². The normalized spacial score (nSPS) is 17.1. The summed E-state index contributed by atoms with van der Waals surface area (Å²) in [5, 5.41) is 13.5. The van der Waals surface area contributed by atoms with Gasteiger partial charge in [0.2, 0.25) is 5.95 Å². The van der Waals surface area contributed by atoms with Gasteiger partial charge in [-0.1, -0.05) is 18.5 Å². The molecule has 3 heterocycles. The number of anilines is 2. The Morgan fingerprint density at radius 3 is 2.92 bits per heavy atom. The molecule has 0 fully saturated rings. The van der Waals surface area contributed by atoms with Gasteiger partial charge in [-0.15, -0.1) is 0 Å². The number of nitrogens with one attached hydrogen (secondary N) is 1. The van der Waals surface area contributed by atoms with Crippen LogP contribution in [0.1, 0.15) is 47.9 Å². The van der Waals surface area contributed by atoms with Gasteiger partial charge in [-0.2, -0.15) is 4.98 Å². The summed E-state index contributed by atoms with van der Waals surface area (Å²) in [5.41, 5.74) is 6.33. The van der Waals surface area contributed by atoms with Gasteiger partial charge in [-0.05, 0) is 84.3 Å². The first-order valence-electron chi connectivity index (χ1n) is 12.6. The number of carboxylic acids is 1. The molecule has 1 aliphatic heterocycles. The summed E-state index contributed by atoms with van der Waals surface area (Å²) in [6.07, 6.45) is 6.44. The lowest BCUT2D eigenvalue weighted by Crippen LogP contribution is -2.35. The summed E-state index contributed by atoms with van der Waals surface area (Å²) in [6.45, 7) is 5.31. The molecule has 0 saturated heterocycles. The van der Waals surface area contributed by atoms with Gasteiger partial charge in [0.25, 0.3) is 0 Å². The Kier molecular flexibility index (Phi) is 6.09. The SMILES string of the molecule is CCN1Cc2cc(Nc3ncc(Cl)c(-n4cc(CC(=O)O)c5cc(F)ccc54)n3)cc3c2C(CCC3)C1. The van der Waals surface area contributed by atoms with E-state index in [-0.39, 0.29) is 6.42 Å². The van der Waals surface area contributed by atoms with Crippen molar-refractivity contribution in [2.45, 2.75) is 45.1 Å². The number of carboxylic acid groups (broad SMARTS) is 1. The molecule has 1 atom stereocenters. The largest absolute Gasteiger partial charge is 0.481 e. The highest BCUT2D eigenvalue weighted by Gasteiger charge is 2.30. The van der Waals surface area contributed by atoms with E-state index in [1.54, 1.807) is 16.8 Å². The molecule has 6 rings (SSSR count). The van der Waals surface area contributed by atoms with E-state index >= 15 is 0 Å². The topological polar surface area (TPSA) is 83.3 Å². The Bertz CT molecular complexity index is 1540. The molecule has 37 heavy (non-hydrogen) atoms. The van der Waals surface area contributed by atoms with Crippen molar-refractivity contribution < 1.29 is 14.3 Å². The van der Waals surface area contributed by atoms with E-state index in [0.29, 0.717) is 39.2 Å². The van der Waals surface area contributed by atoms with Crippen LogP contribution >= 0.6 is 11.6 Å². The number of rotatable bonds is 6. The molecule has 0 amide bonds. The summed E-state index contributed by atoms with van der Waals surface area (Å²) in [6, 6.07) is 8.69. The Morgan fingerprint density at radius 2 is 2.11 bits per heavy atom. The number of hydrogen-bond acceptors (Lipinski definition) is 5. The fourth-order valence-electron chi connectivity index (χ4n) is 5.90. The number of halogens is 2. The summed E-state index contributed by atoms with van der Waals surface area (Å²) in [5.74, 6) is -0.0607. The summed E-state index contributed by atoms with van der Waals surface area (Å²) in [4.78, 5) is 23.0. The van der Waals surface area contributed by atoms with Gasteiger partial charge >= 0.3 is 5.97 Å². The van der Waals surface area contributed by atoms with E-state index in [4.69, 9.17) is 11.6 Å². The quantitative estimate of drug-likeness (QED) is 0.333. The molecule has 2 N–H and O–H groups in total. The highest BCUT2D eigenvalue weighted by Crippen LogP contribution is 2.40. The molecule has 9 heteroatoms. The maximum Gasteiger partial charge on any atom is 0.307 e. The molecule has 0 saturated carbocycles. The molecule has 7 nitrogen and oxygen atoms in total. The number of nitrogens with zero attached hydrogens (tertiary/aromatic N) is 4. The van der Waals surface area contributed by atoms with Gasteiger partial charge in [-0.25, -0.2) is 9.37 Å². The third-order valence-corrected chi connectivity index (χ3v) is 7.75. The number of aryl methyl sites for hydroxylation is 1. The number of likely N-dealkylation sites (N-methyl/N-ethyl adjacent to an activating group) is 1. The van der Waals surface area contributed by atoms with Crippen molar-refractivity contribution in [2.75, 3.05) is 18.4 Å². The van der Waals surface area contributed by atoms with Crippen LogP contribution in [0.3, 0.4) is 0 Å². The Balaban J connectivity index is 1.39. The van der Waals surface area contributed by atoms with Crippen LogP contribution in [0.25, 0.3) is 16.7 Å². The molecule has 1 aliphatic carbocycles. The lowest BCUT2D eigenvalue weighted by molar-refractivity contribution is -0.136. The zero-order chi connectivity index (χ0) is 25.7. The summed E-state index contributed by atoms with van der Waals surface area (Å²) >= 11 is 6.51. The minimum atomic E-state index is -1.00. The molecular formula is C28H27ClFN5O2. The van der Waals surface area contributed by atoms with E-state index in [1.165, 1.54) is 47.9 Å². The van der Waals surface area contributed by atoms with Crippen LogP contribution in [0.15, 0.2) is 42.7 Å². The zero-order valence-corrected chi connectivity index (χ0v) is 21.2. The number of fused-ring (bicyclic) bond motifs is 1. The average molecular weight is 520 g/mol. The predicted molar refractivity (Wildman–Crippen MR) is 142 cm³/mol. The lowest BCUT2D eigenvalue weighted by atomic mass is 9.77. The van der Waals surface area contributed by atoms with Crippen molar-refractivity contribution in [2.24, 2.45) is 0 Å². The van der Waals surface area contributed by atoms with Crippen molar-refractivity contribution >= 4 is 40.1 Å². The van der Waals surface area contributed by atoms with Crippen LogP contribution in [-0.2, 0) is 24.2 Å². The molecule has 0 radical (unpaired) electrons. The highest BCUT2D eigenvalue weighted by molar-refractivity contribution is 6.32. The molecule has 4 aromatic rings. The molecule has 0 bridgehead atoms. The highest BCUT2D eigenvalue weighted by atomic mass is 35.5. The van der Waals surface area contributed by atoms with Gasteiger partial charge < -0.3 is 10.4 Å². The smallest absolute Gasteiger partial charge is 0.307 e. The summed E-state index contributed by atoms with van der Waals surface area (Å²) in [7, 11) is 0. The second-order valence-corrected chi connectivity index (χ2v) is 10.3. The molecule has 0 spiro atoms. The van der Waals surface area contributed by atoms with Gasteiger partial charge in [0.15, 0.2) is 5.82 Å². The van der Waals surface area contributed by atoms with Crippen molar-refractivity contribution in [3.05, 3.63) is 75.8 Å². The number of aliphatic carboxylic acids is 1. The first-order chi connectivity index (χ1) is 17.9. The second-order valence-electron chi connectivity index (χ2n) is 9.87. The molecule has 2 aromatic heterocycles. The average Bonchev–Trinajstić information content (AvgIpc) is 3.21. The molecule has 2 aromatic carbocycles. The molecule has 190 valence electrons. The number of hydrogen-bond donors (Lipinski definition) is 2. The predicted octanol–water partition coefficient (Wildman–Crippen LogP) is 5.84. The number of benzene rings is 2. The van der Waals surface area contributed by atoms with Crippen LogP contribution in [0.5, 0.6) is 0 Å². The minimum absolute atomic E-state index is 0.242.